The number of ether oxygens (including phenoxy) is 1. The summed E-state index contributed by atoms with van der Waals surface area (Å²) >= 11 is 0. The first-order chi connectivity index (χ1) is 11.4. The molecule has 3 rings (SSSR count). The van der Waals surface area contributed by atoms with Crippen molar-refractivity contribution in [1.29, 1.82) is 0 Å². The molecule has 0 aromatic carbocycles. The average molecular weight is 360 g/mol. The number of sulfonamides is 1. The zero-order chi connectivity index (χ0) is 17.3. The van der Waals surface area contributed by atoms with Gasteiger partial charge in [-0.3, -0.25) is 0 Å². The molecule has 130 valence electrons. The molecule has 1 aliphatic rings. The predicted molar refractivity (Wildman–Crippen MR) is 77.9 cm³/mol. The summed E-state index contributed by atoms with van der Waals surface area (Å²) in [7, 11) is -2.01. The quantitative estimate of drug-likeness (QED) is 0.796. The standard InChI is InChI=1S/C13H14F2N4O4S/c1-19-5-3-9(24(19,20)21)13-17-12(18-23-13)8-2-4-16-11(6-8)22-7-10(14)15/h2,4,6,9-10H,3,5,7H2,1H3. The first-order valence-electron chi connectivity index (χ1n) is 7.04. The summed E-state index contributed by atoms with van der Waals surface area (Å²) in [6.07, 6.45) is -0.900. The monoisotopic (exact) mass is 360 g/mol. The molecule has 1 aliphatic heterocycles. The van der Waals surface area contributed by atoms with Gasteiger partial charge in [-0.25, -0.2) is 26.5 Å². The zero-order valence-electron chi connectivity index (χ0n) is 12.6. The first kappa shape index (κ1) is 16.7. The topological polar surface area (TPSA) is 98.4 Å². The van der Waals surface area contributed by atoms with E-state index in [9.17, 15) is 17.2 Å². The van der Waals surface area contributed by atoms with Crippen molar-refractivity contribution < 1.29 is 26.5 Å². The highest BCUT2D eigenvalue weighted by atomic mass is 32.2. The van der Waals surface area contributed by atoms with Gasteiger partial charge in [0.15, 0.2) is 11.9 Å². The van der Waals surface area contributed by atoms with E-state index in [2.05, 4.69) is 15.1 Å². The number of hydrogen-bond donors (Lipinski definition) is 0. The second kappa shape index (κ2) is 6.40. The number of aromatic nitrogens is 3. The Balaban J connectivity index is 1.82. The molecule has 2 aromatic rings. The maximum atomic E-state index is 12.2. The third-order valence-corrected chi connectivity index (χ3v) is 5.78. The molecule has 0 bridgehead atoms. The highest BCUT2D eigenvalue weighted by Gasteiger charge is 2.41. The summed E-state index contributed by atoms with van der Waals surface area (Å²) < 4.78 is 59.8. The Morgan fingerprint density at radius 2 is 2.29 bits per heavy atom. The molecule has 1 fully saturated rings. The maximum absolute atomic E-state index is 12.2. The van der Waals surface area contributed by atoms with Gasteiger partial charge < -0.3 is 9.26 Å². The van der Waals surface area contributed by atoms with E-state index >= 15 is 0 Å². The Kier molecular flexibility index (Phi) is 4.45. The molecular formula is C13H14F2N4O4S. The third kappa shape index (κ3) is 3.22. The van der Waals surface area contributed by atoms with Gasteiger partial charge in [-0.2, -0.15) is 4.98 Å². The molecule has 3 heterocycles. The number of hydrogen-bond acceptors (Lipinski definition) is 7. The van der Waals surface area contributed by atoms with Crippen LogP contribution in [0, 0.1) is 0 Å². The molecule has 0 saturated carbocycles. The summed E-state index contributed by atoms with van der Waals surface area (Å²) in [5.74, 6) is 0.132. The lowest BCUT2D eigenvalue weighted by molar-refractivity contribution is 0.0796. The van der Waals surface area contributed by atoms with Crippen molar-refractivity contribution in [3.8, 4) is 17.3 Å². The number of halogens is 2. The van der Waals surface area contributed by atoms with Gasteiger partial charge in [-0.1, -0.05) is 5.16 Å². The van der Waals surface area contributed by atoms with Gasteiger partial charge >= 0.3 is 0 Å². The van der Waals surface area contributed by atoms with Gasteiger partial charge in [0.25, 0.3) is 6.43 Å². The molecule has 0 amide bonds. The van der Waals surface area contributed by atoms with Crippen LogP contribution in [0.15, 0.2) is 22.9 Å². The molecule has 24 heavy (non-hydrogen) atoms. The Bertz CT molecular complexity index is 827. The molecule has 0 aliphatic carbocycles. The van der Waals surface area contributed by atoms with Crippen molar-refractivity contribution in [2.75, 3.05) is 20.2 Å². The summed E-state index contributed by atoms with van der Waals surface area (Å²) in [4.78, 5) is 7.92. The van der Waals surface area contributed by atoms with Gasteiger partial charge in [0, 0.05) is 31.4 Å². The SMILES string of the molecule is CN1CCC(c2nc(-c3ccnc(OCC(F)F)c3)no2)S1(=O)=O. The fraction of sp³-hybridized carbons (Fsp3) is 0.462. The number of rotatable bonds is 5. The van der Waals surface area contributed by atoms with Crippen LogP contribution < -0.4 is 4.74 Å². The van der Waals surface area contributed by atoms with Gasteiger partial charge in [-0.05, 0) is 12.5 Å². The molecule has 0 N–H and O–H groups in total. The minimum atomic E-state index is -3.50. The van der Waals surface area contributed by atoms with E-state index in [0.717, 1.165) is 0 Å². The van der Waals surface area contributed by atoms with E-state index < -0.39 is 28.3 Å². The average Bonchev–Trinajstić information content (AvgIpc) is 3.11. The van der Waals surface area contributed by atoms with Crippen molar-refractivity contribution in [2.45, 2.75) is 18.1 Å². The summed E-state index contributed by atoms with van der Waals surface area (Å²) in [5, 5.41) is 2.88. The van der Waals surface area contributed by atoms with Gasteiger partial charge in [0.05, 0.1) is 0 Å². The maximum Gasteiger partial charge on any atom is 0.272 e. The van der Waals surface area contributed by atoms with Crippen LogP contribution in [0.4, 0.5) is 8.78 Å². The van der Waals surface area contributed by atoms with E-state index in [0.29, 0.717) is 18.5 Å². The van der Waals surface area contributed by atoms with Crippen molar-refractivity contribution in [1.82, 2.24) is 19.4 Å². The molecule has 1 unspecified atom stereocenters. The Morgan fingerprint density at radius 1 is 1.50 bits per heavy atom. The normalized spacial score (nSPS) is 20.6. The smallest absolute Gasteiger partial charge is 0.272 e. The van der Waals surface area contributed by atoms with Crippen LogP contribution in [-0.2, 0) is 10.0 Å². The van der Waals surface area contributed by atoms with Gasteiger partial charge in [0.1, 0.15) is 0 Å². The number of pyridine rings is 1. The van der Waals surface area contributed by atoms with E-state index in [1.165, 1.54) is 23.6 Å². The molecule has 2 aromatic heterocycles. The lowest BCUT2D eigenvalue weighted by Crippen LogP contribution is -2.22. The third-order valence-electron chi connectivity index (χ3n) is 3.57. The fourth-order valence-electron chi connectivity index (χ4n) is 2.30. The lowest BCUT2D eigenvalue weighted by Gasteiger charge is -2.08. The van der Waals surface area contributed by atoms with Crippen LogP contribution in [0.5, 0.6) is 5.88 Å². The molecule has 1 saturated heterocycles. The van der Waals surface area contributed by atoms with Crippen LogP contribution in [0.25, 0.3) is 11.4 Å². The van der Waals surface area contributed by atoms with Crippen LogP contribution in [-0.4, -0.2) is 54.5 Å². The molecule has 8 nitrogen and oxygen atoms in total. The van der Waals surface area contributed by atoms with Crippen LogP contribution in [0.1, 0.15) is 17.6 Å². The van der Waals surface area contributed by atoms with E-state index in [-0.39, 0.29) is 17.6 Å². The largest absolute Gasteiger partial charge is 0.472 e. The van der Waals surface area contributed by atoms with Crippen LogP contribution >= 0.6 is 0 Å². The van der Waals surface area contributed by atoms with Crippen molar-refractivity contribution in [3.05, 3.63) is 24.2 Å². The predicted octanol–water partition coefficient (Wildman–Crippen LogP) is 1.48. The highest BCUT2D eigenvalue weighted by Crippen LogP contribution is 2.34. The number of nitrogens with zero attached hydrogens (tertiary/aromatic N) is 4. The van der Waals surface area contributed by atoms with E-state index in [1.807, 2.05) is 0 Å². The fourth-order valence-corrected chi connectivity index (χ4v) is 3.85. The highest BCUT2D eigenvalue weighted by molar-refractivity contribution is 7.89. The van der Waals surface area contributed by atoms with Crippen molar-refractivity contribution in [2.24, 2.45) is 0 Å². The van der Waals surface area contributed by atoms with Crippen LogP contribution in [0.2, 0.25) is 0 Å². The molecule has 0 radical (unpaired) electrons. The van der Waals surface area contributed by atoms with Crippen LogP contribution in [0.3, 0.4) is 0 Å². The Morgan fingerprint density at radius 3 is 2.96 bits per heavy atom. The lowest BCUT2D eigenvalue weighted by atomic mass is 10.2. The zero-order valence-corrected chi connectivity index (χ0v) is 13.4. The minimum Gasteiger partial charge on any atom is -0.472 e. The second-order valence-corrected chi connectivity index (χ2v) is 7.41. The summed E-state index contributed by atoms with van der Waals surface area (Å²) in [6, 6.07) is 2.92. The van der Waals surface area contributed by atoms with Gasteiger partial charge in [-0.15, -0.1) is 0 Å². The number of alkyl halides is 2. The Labute approximate surface area is 136 Å². The van der Waals surface area contributed by atoms with Crippen molar-refractivity contribution >= 4 is 10.0 Å². The molecule has 1 atom stereocenters. The summed E-state index contributed by atoms with van der Waals surface area (Å²) in [5.41, 5.74) is 0.424. The van der Waals surface area contributed by atoms with E-state index in [1.54, 1.807) is 6.07 Å². The first-order valence-corrected chi connectivity index (χ1v) is 8.54. The Hall–Kier alpha value is -2.14. The molecule has 11 heteroatoms. The van der Waals surface area contributed by atoms with Crippen molar-refractivity contribution in [3.63, 3.8) is 0 Å². The van der Waals surface area contributed by atoms with Gasteiger partial charge in [0.2, 0.25) is 27.6 Å². The van der Waals surface area contributed by atoms with E-state index in [4.69, 9.17) is 9.26 Å². The second-order valence-electron chi connectivity index (χ2n) is 5.18. The summed E-state index contributed by atoms with van der Waals surface area (Å²) in [6.45, 7) is -0.397. The minimum absolute atomic E-state index is 0.00112. The molecular weight excluding hydrogens is 346 g/mol. The molecule has 0 spiro atoms.